The number of carbonyl (C=O) groups excluding carboxylic acids is 1. The summed E-state index contributed by atoms with van der Waals surface area (Å²) in [7, 11) is 0. The van der Waals surface area contributed by atoms with Gasteiger partial charge in [-0.25, -0.2) is 0 Å². The normalized spacial score (nSPS) is 20.2. The summed E-state index contributed by atoms with van der Waals surface area (Å²) in [5.74, 6) is -0.174. The fraction of sp³-hybridized carbons (Fsp3) is 0.769. The third kappa shape index (κ3) is 2.85. The monoisotopic (exact) mass is 225 g/mol. The molecule has 0 atom stereocenters. The predicted molar refractivity (Wildman–Crippen MR) is 65.0 cm³/mol. The number of rotatable bonds is 4. The van der Waals surface area contributed by atoms with E-state index < -0.39 is 5.60 Å². The van der Waals surface area contributed by atoms with Crippen molar-refractivity contribution in [2.24, 2.45) is 5.41 Å². The van der Waals surface area contributed by atoms with Crippen molar-refractivity contribution in [2.45, 2.75) is 51.6 Å². The molecule has 1 amide bonds. The summed E-state index contributed by atoms with van der Waals surface area (Å²) in [5, 5.41) is 13.4. The maximum atomic E-state index is 11.1. The molecule has 0 unspecified atom stereocenters. The Morgan fingerprint density at radius 3 is 2.50 bits per heavy atom. The first kappa shape index (κ1) is 13.2. The van der Waals surface area contributed by atoms with Crippen LogP contribution in [0.2, 0.25) is 0 Å². The zero-order valence-electron chi connectivity index (χ0n) is 10.4. The minimum Gasteiger partial charge on any atom is -0.389 e. The molecule has 16 heavy (non-hydrogen) atoms. The van der Waals surface area contributed by atoms with Gasteiger partial charge in [-0.15, -0.1) is 0 Å². The Kier molecular flexibility index (Phi) is 4.14. The molecular formula is C13H23NO2. The molecule has 0 aromatic rings. The van der Waals surface area contributed by atoms with Crippen molar-refractivity contribution in [3.63, 3.8) is 0 Å². The van der Waals surface area contributed by atoms with Crippen LogP contribution < -0.4 is 5.32 Å². The predicted octanol–water partition coefficient (Wildman–Crippen LogP) is 2.01. The molecular weight excluding hydrogens is 202 g/mol. The summed E-state index contributed by atoms with van der Waals surface area (Å²) in [6.07, 6.45) is 6.30. The van der Waals surface area contributed by atoms with E-state index in [1.165, 1.54) is 12.5 Å². The van der Waals surface area contributed by atoms with Crippen LogP contribution in [0.5, 0.6) is 0 Å². The van der Waals surface area contributed by atoms with Crippen LogP contribution >= 0.6 is 0 Å². The van der Waals surface area contributed by atoms with Gasteiger partial charge >= 0.3 is 0 Å². The summed E-state index contributed by atoms with van der Waals surface area (Å²) < 4.78 is 0. The first-order valence-electron chi connectivity index (χ1n) is 6.04. The Balaban J connectivity index is 2.60. The first-order chi connectivity index (χ1) is 7.41. The third-order valence-electron chi connectivity index (χ3n) is 3.83. The topological polar surface area (TPSA) is 49.3 Å². The van der Waals surface area contributed by atoms with E-state index in [0.717, 1.165) is 25.7 Å². The lowest BCUT2D eigenvalue weighted by atomic mass is 9.67. The van der Waals surface area contributed by atoms with E-state index in [-0.39, 0.29) is 11.3 Å². The largest absolute Gasteiger partial charge is 0.389 e. The van der Waals surface area contributed by atoms with Crippen molar-refractivity contribution in [1.82, 2.24) is 5.32 Å². The maximum Gasteiger partial charge on any atom is 0.243 e. The smallest absolute Gasteiger partial charge is 0.243 e. The van der Waals surface area contributed by atoms with E-state index in [4.69, 9.17) is 0 Å². The quantitative estimate of drug-likeness (QED) is 0.719. The molecule has 0 saturated heterocycles. The SMILES string of the molecule is C=CC(=O)NCC(C)(C)C1(O)CCCCC1. The molecule has 1 aliphatic carbocycles. The molecule has 1 rings (SSSR count). The lowest BCUT2D eigenvalue weighted by Gasteiger charge is -2.45. The van der Waals surface area contributed by atoms with E-state index in [0.29, 0.717) is 6.54 Å². The Labute approximate surface area is 97.9 Å². The highest BCUT2D eigenvalue weighted by Crippen LogP contribution is 2.41. The fourth-order valence-electron chi connectivity index (χ4n) is 2.36. The summed E-state index contributed by atoms with van der Waals surface area (Å²) >= 11 is 0. The van der Waals surface area contributed by atoms with E-state index in [2.05, 4.69) is 11.9 Å². The first-order valence-corrected chi connectivity index (χ1v) is 6.04. The van der Waals surface area contributed by atoms with Gasteiger partial charge in [0.15, 0.2) is 0 Å². The van der Waals surface area contributed by atoms with Crippen molar-refractivity contribution in [3.8, 4) is 0 Å². The summed E-state index contributed by atoms with van der Waals surface area (Å²) in [6.45, 7) is 7.94. The highest BCUT2D eigenvalue weighted by Gasteiger charge is 2.43. The zero-order valence-corrected chi connectivity index (χ0v) is 10.4. The molecule has 1 fully saturated rings. The third-order valence-corrected chi connectivity index (χ3v) is 3.83. The molecule has 0 heterocycles. The van der Waals surface area contributed by atoms with Gasteiger partial charge < -0.3 is 10.4 Å². The molecule has 0 radical (unpaired) electrons. The van der Waals surface area contributed by atoms with Crippen LogP contribution in [0.4, 0.5) is 0 Å². The molecule has 0 aromatic heterocycles. The van der Waals surface area contributed by atoms with Crippen LogP contribution in [-0.4, -0.2) is 23.2 Å². The van der Waals surface area contributed by atoms with Crippen LogP contribution in [0.3, 0.4) is 0 Å². The number of amides is 1. The lowest BCUT2D eigenvalue weighted by Crippen LogP contribution is -2.51. The molecule has 92 valence electrons. The molecule has 1 saturated carbocycles. The van der Waals surface area contributed by atoms with Gasteiger partial charge in [-0.3, -0.25) is 4.79 Å². The van der Waals surface area contributed by atoms with E-state index in [9.17, 15) is 9.90 Å². The van der Waals surface area contributed by atoms with Gasteiger partial charge in [-0.1, -0.05) is 39.7 Å². The molecule has 0 bridgehead atoms. The number of aliphatic hydroxyl groups is 1. The highest BCUT2D eigenvalue weighted by atomic mass is 16.3. The minimum atomic E-state index is -0.639. The molecule has 3 heteroatoms. The molecule has 0 aliphatic heterocycles. The lowest BCUT2D eigenvalue weighted by molar-refractivity contribution is -0.120. The average Bonchev–Trinajstić information content (AvgIpc) is 2.27. The van der Waals surface area contributed by atoms with Crippen LogP contribution in [0.15, 0.2) is 12.7 Å². The molecule has 3 nitrogen and oxygen atoms in total. The summed E-state index contributed by atoms with van der Waals surface area (Å²) in [5.41, 5.74) is -0.925. The van der Waals surface area contributed by atoms with Gasteiger partial charge in [0, 0.05) is 12.0 Å². The average molecular weight is 225 g/mol. The second-order valence-corrected chi connectivity index (χ2v) is 5.40. The number of hydrogen-bond acceptors (Lipinski definition) is 2. The molecule has 0 aromatic carbocycles. The molecule has 1 aliphatic rings. The maximum absolute atomic E-state index is 11.1. The van der Waals surface area contributed by atoms with E-state index in [1.807, 2.05) is 13.8 Å². The molecule has 0 spiro atoms. The Bertz CT molecular complexity index is 265. The number of carbonyl (C=O) groups is 1. The van der Waals surface area contributed by atoms with Crippen molar-refractivity contribution < 1.29 is 9.90 Å². The standard InChI is InChI=1S/C13H23NO2/c1-4-11(15)14-10-12(2,3)13(16)8-6-5-7-9-13/h4,16H,1,5-10H2,2-3H3,(H,14,15). The van der Waals surface area contributed by atoms with Gasteiger partial charge in [-0.2, -0.15) is 0 Å². The second kappa shape index (κ2) is 5.00. The van der Waals surface area contributed by atoms with Crippen molar-refractivity contribution in [3.05, 3.63) is 12.7 Å². The van der Waals surface area contributed by atoms with E-state index in [1.54, 1.807) is 0 Å². The Morgan fingerprint density at radius 1 is 1.44 bits per heavy atom. The highest BCUT2D eigenvalue weighted by molar-refractivity contribution is 5.86. The van der Waals surface area contributed by atoms with Crippen LogP contribution in [0.25, 0.3) is 0 Å². The fourth-order valence-corrected chi connectivity index (χ4v) is 2.36. The van der Waals surface area contributed by atoms with Gasteiger partial charge in [-0.05, 0) is 18.9 Å². The van der Waals surface area contributed by atoms with Gasteiger partial charge in [0.05, 0.1) is 5.60 Å². The zero-order chi connectivity index (χ0) is 12.2. The second-order valence-electron chi connectivity index (χ2n) is 5.40. The van der Waals surface area contributed by atoms with Gasteiger partial charge in [0.25, 0.3) is 0 Å². The molecule has 2 N–H and O–H groups in total. The summed E-state index contributed by atoms with van der Waals surface area (Å²) in [6, 6.07) is 0. The van der Waals surface area contributed by atoms with Crippen LogP contribution in [0.1, 0.15) is 46.0 Å². The van der Waals surface area contributed by atoms with Crippen molar-refractivity contribution >= 4 is 5.91 Å². The number of nitrogens with one attached hydrogen (secondary N) is 1. The Morgan fingerprint density at radius 2 is 2.00 bits per heavy atom. The Hall–Kier alpha value is -0.830. The van der Waals surface area contributed by atoms with E-state index >= 15 is 0 Å². The minimum absolute atomic E-state index is 0.174. The van der Waals surface area contributed by atoms with Gasteiger partial charge in [0.1, 0.15) is 0 Å². The van der Waals surface area contributed by atoms with Crippen molar-refractivity contribution in [1.29, 1.82) is 0 Å². The number of hydrogen-bond donors (Lipinski definition) is 2. The van der Waals surface area contributed by atoms with Crippen LogP contribution in [-0.2, 0) is 4.79 Å². The van der Waals surface area contributed by atoms with Gasteiger partial charge in [0.2, 0.25) is 5.91 Å². The van der Waals surface area contributed by atoms with Crippen molar-refractivity contribution in [2.75, 3.05) is 6.54 Å². The van der Waals surface area contributed by atoms with Crippen LogP contribution in [0, 0.1) is 5.41 Å². The summed E-state index contributed by atoms with van der Waals surface area (Å²) in [4.78, 5) is 11.1.